The van der Waals surface area contributed by atoms with Gasteiger partial charge in [0.1, 0.15) is 18.0 Å². The number of furan rings is 1. The first-order valence-corrected chi connectivity index (χ1v) is 13.7. The summed E-state index contributed by atoms with van der Waals surface area (Å²) in [5.41, 5.74) is -0.862. The van der Waals surface area contributed by atoms with E-state index in [2.05, 4.69) is 13.0 Å². The number of aliphatic hydroxyl groups excluding tert-OH is 1. The molecule has 4 aliphatic carbocycles. The average Bonchev–Trinajstić information content (AvgIpc) is 3.54. The van der Waals surface area contributed by atoms with Crippen molar-refractivity contribution in [3.63, 3.8) is 0 Å². The van der Waals surface area contributed by atoms with Crippen LogP contribution in [0.1, 0.15) is 78.7 Å². The molecule has 10 atom stereocenters. The van der Waals surface area contributed by atoms with Gasteiger partial charge in [-0.05, 0) is 44.2 Å². The predicted octanol–water partition coefficient (Wildman–Crippen LogP) is 4.11. The topological polar surface area (TPSA) is 112 Å². The van der Waals surface area contributed by atoms with Crippen LogP contribution in [-0.4, -0.2) is 52.8 Å². The van der Waals surface area contributed by atoms with Gasteiger partial charge in [-0.15, -0.1) is 0 Å². The number of hydrogen-bond donors (Lipinski definition) is 1. The fourth-order valence-electron chi connectivity index (χ4n) is 10.0. The van der Waals surface area contributed by atoms with Crippen LogP contribution in [0.2, 0.25) is 0 Å². The Kier molecular flexibility index (Phi) is 5.46. The molecule has 0 aromatic carbocycles. The summed E-state index contributed by atoms with van der Waals surface area (Å²) in [5.74, 6) is -1.51. The van der Waals surface area contributed by atoms with Crippen molar-refractivity contribution in [2.75, 3.05) is 0 Å². The largest absolute Gasteiger partial charge is 0.472 e. The number of ether oxygens (including phenoxy) is 3. The van der Waals surface area contributed by atoms with Gasteiger partial charge in [-0.25, -0.2) is 0 Å². The van der Waals surface area contributed by atoms with Gasteiger partial charge in [0.15, 0.2) is 0 Å². The second-order valence-corrected chi connectivity index (χ2v) is 13.2. The lowest BCUT2D eigenvalue weighted by atomic mass is 9.38. The minimum absolute atomic E-state index is 0.112. The highest BCUT2D eigenvalue weighted by Gasteiger charge is 2.79. The summed E-state index contributed by atoms with van der Waals surface area (Å²) in [4.78, 5) is 38.1. The number of rotatable bonds is 3. The van der Waals surface area contributed by atoms with Gasteiger partial charge in [0.05, 0.1) is 30.3 Å². The maximum atomic E-state index is 13.1. The van der Waals surface area contributed by atoms with Crippen LogP contribution in [0, 0.1) is 28.1 Å². The normalized spacial score (nSPS) is 46.4. The van der Waals surface area contributed by atoms with Crippen LogP contribution in [0.3, 0.4) is 0 Å². The smallest absolute Gasteiger partial charge is 0.303 e. The predicted molar refractivity (Wildman–Crippen MR) is 135 cm³/mol. The SMILES string of the molecule is CC(=O)O[C@@H]1C[C@H]2C(C)(C)O[C@H]3CC(=O)C[C@]32[C@H]2[C@@H](O)[C@H](OC(C)=O)[C@]3(C)C(=CC[C@H]3c3ccoc3)[C@]12C. The van der Waals surface area contributed by atoms with Crippen LogP contribution < -0.4 is 0 Å². The van der Waals surface area contributed by atoms with Crippen molar-refractivity contribution in [1.82, 2.24) is 0 Å². The number of carbonyl (C=O) groups excluding carboxylic acids is 3. The van der Waals surface area contributed by atoms with Gasteiger partial charge in [0.2, 0.25) is 0 Å². The van der Waals surface area contributed by atoms with Gasteiger partial charge >= 0.3 is 11.9 Å². The van der Waals surface area contributed by atoms with E-state index < -0.39 is 52.0 Å². The first kappa shape index (κ1) is 25.8. The van der Waals surface area contributed by atoms with Gasteiger partial charge in [-0.3, -0.25) is 14.4 Å². The second kappa shape index (κ2) is 8.04. The highest BCUT2D eigenvalue weighted by Crippen LogP contribution is 2.76. The zero-order valence-corrected chi connectivity index (χ0v) is 23.0. The summed E-state index contributed by atoms with van der Waals surface area (Å²) in [6, 6.07) is 1.91. The summed E-state index contributed by atoms with van der Waals surface area (Å²) < 4.78 is 24.2. The van der Waals surface area contributed by atoms with E-state index in [1.54, 1.807) is 12.5 Å². The van der Waals surface area contributed by atoms with Crippen molar-refractivity contribution in [3.05, 3.63) is 35.8 Å². The molecule has 1 spiro atoms. The van der Waals surface area contributed by atoms with Crippen molar-refractivity contribution >= 4 is 17.7 Å². The van der Waals surface area contributed by atoms with Crippen molar-refractivity contribution in [2.45, 2.75) is 103 Å². The van der Waals surface area contributed by atoms with Crippen LogP contribution in [0.15, 0.2) is 34.7 Å². The number of carbonyl (C=O) groups is 3. The highest BCUT2D eigenvalue weighted by molar-refractivity contribution is 5.83. The van der Waals surface area contributed by atoms with E-state index in [9.17, 15) is 19.5 Å². The van der Waals surface area contributed by atoms with E-state index in [1.807, 2.05) is 26.8 Å². The summed E-state index contributed by atoms with van der Waals surface area (Å²) >= 11 is 0. The molecular formula is C30H38O8. The minimum Gasteiger partial charge on any atom is -0.472 e. The molecule has 0 radical (unpaired) electrons. The van der Waals surface area contributed by atoms with Crippen LogP contribution in [-0.2, 0) is 28.6 Å². The molecule has 1 aromatic heterocycles. The Hall–Kier alpha value is -2.45. The molecule has 4 fully saturated rings. The number of hydrogen-bond acceptors (Lipinski definition) is 8. The molecule has 1 aliphatic heterocycles. The molecule has 1 aromatic rings. The highest BCUT2D eigenvalue weighted by atomic mass is 16.6. The van der Waals surface area contributed by atoms with Gasteiger partial charge < -0.3 is 23.7 Å². The summed E-state index contributed by atoms with van der Waals surface area (Å²) in [6.07, 6.45) is 4.42. The summed E-state index contributed by atoms with van der Waals surface area (Å²) in [5, 5.41) is 12.5. The summed E-state index contributed by atoms with van der Waals surface area (Å²) in [6.45, 7) is 11.0. The number of Topliss-reactive ketones (excluding diaryl/α,β-unsaturated/α-hetero) is 1. The maximum Gasteiger partial charge on any atom is 0.303 e. The fraction of sp³-hybridized carbons (Fsp3) is 0.700. The molecule has 0 bridgehead atoms. The number of esters is 2. The first-order chi connectivity index (χ1) is 17.8. The fourth-order valence-corrected chi connectivity index (χ4v) is 10.0. The molecule has 206 valence electrons. The number of allylic oxidation sites excluding steroid dienone is 1. The molecule has 6 rings (SSSR count). The summed E-state index contributed by atoms with van der Waals surface area (Å²) in [7, 11) is 0. The van der Waals surface area contributed by atoms with E-state index in [-0.39, 0.29) is 36.1 Å². The lowest BCUT2D eigenvalue weighted by Crippen LogP contribution is -2.71. The molecule has 1 N–H and O–H groups in total. The van der Waals surface area contributed by atoms with Gasteiger partial charge in [-0.1, -0.05) is 25.5 Å². The molecule has 3 saturated carbocycles. The van der Waals surface area contributed by atoms with E-state index in [0.29, 0.717) is 19.3 Å². The Balaban J connectivity index is 1.60. The molecule has 38 heavy (non-hydrogen) atoms. The minimum atomic E-state index is -1.11. The molecule has 2 heterocycles. The molecule has 0 unspecified atom stereocenters. The van der Waals surface area contributed by atoms with Gasteiger partial charge in [-0.2, -0.15) is 0 Å². The molecule has 5 aliphatic rings. The Bertz CT molecular complexity index is 1210. The zero-order valence-electron chi connectivity index (χ0n) is 23.0. The second-order valence-electron chi connectivity index (χ2n) is 13.2. The monoisotopic (exact) mass is 526 g/mol. The Morgan fingerprint density at radius 1 is 1.08 bits per heavy atom. The standard InChI is InChI=1S/C30H38O8/c1-15(31)36-22-12-21-27(3,4)38-23-11-18(33)13-30(21,23)25-24(34)26(37-16(2)32)28(5)19(17-9-10-35-14-17)7-8-20(28)29(22,25)6/h8-10,14,19,21-26,34H,7,11-13H2,1-6H3/t19-,21-,22+,23-,24+,25-,26-,28-,29+,30+/m0/s1. The van der Waals surface area contributed by atoms with E-state index in [4.69, 9.17) is 18.6 Å². The van der Waals surface area contributed by atoms with E-state index in [1.165, 1.54) is 13.8 Å². The van der Waals surface area contributed by atoms with E-state index in [0.717, 1.165) is 11.1 Å². The molecule has 8 nitrogen and oxygen atoms in total. The third-order valence-corrected chi connectivity index (χ3v) is 11.0. The quantitative estimate of drug-likeness (QED) is 0.463. The van der Waals surface area contributed by atoms with E-state index >= 15 is 0 Å². The molecule has 0 amide bonds. The zero-order chi connectivity index (χ0) is 27.4. The number of aliphatic hydroxyl groups is 1. The lowest BCUT2D eigenvalue weighted by molar-refractivity contribution is -0.239. The van der Waals surface area contributed by atoms with Crippen molar-refractivity contribution in [2.24, 2.45) is 28.1 Å². The Morgan fingerprint density at radius 3 is 2.42 bits per heavy atom. The van der Waals surface area contributed by atoms with Crippen molar-refractivity contribution in [1.29, 1.82) is 0 Å². The molecule has 8 heteroatoms. The molecule has 1 saturated heterocycles. The number of ketones is 1. The lowest BCUT2D eigenvalue weighted by Gasteiger charge is -2.66. The van der Waals surface area contributed by atoms with Crippen LogP contribution in [0.4, 0.5) is 0 Å². The van der Waals surface area contributed by atoms with Gasteiger partial charge in [0, 0.05) is 54.8 Å². The third kappa shape index (κ3) is 3.07. The maximum absolute atomic E-state index is 13.1. The van der Waals surface area contributed by atoms with Crippen LogP contribution in [0.25, 0.3) is 0 Å². The van der Waals surface area contributed by atoms with Crippen LogP contribution in [0.5, 0.6) is 0 Å². The van der Waals surface area contributed by atoms with Gasteiger partial charge in [0.25, 0.3) is 0 Å². The number of fused-ring (bicyclic) bond motifs is 3. The Labute approximate surface area is 223 Å². The van der Waals surface area contributed by atoms with Crippen molar-refractivity contribution in [3.8, 4) is 0 Å². The average molecular weight is 527 g/mol. The van der Waals surface area contributed by atoms with Crippen molar-refractivity contribution < 1.29 is 38.1 Å². The van der Waals surface area contributed by atoms with Crippen LogP contribution >= 0.6 is 0 Å². The molecular weight excluding hydrogens is 488 g/mol. The first-order valence-electron chi connectivity index (χ1n) is 13.7. The third-order valence-electron chi connectivity index (χ3n) is 11.0. The Morgan fingerprint density at radius 2 is 1.79 bits per heavy atom.